The molecular weight excluding hydrogens is 265 g/mol. The lowest BCUT2D eigenvalue weighted by molar-refractivity contribution is 0.601. The summed E-state index contributed by atoms with van der Waals surface area (Å²) >= 11 is 3.30. The van der Waals surface area contributed by atoms with Crippen LogP contribution < -0.4 is 5.32 Å². The van der Waals surface area contributed by atoms with Crippen LogP contribution in [0.25, 0.3) is 0 Å². The van der Waals surface area contributed by atoms with Crippen LogP contribution in [0, 0.1) is 12.7 Å². The minimum Gasteiger partial charge on any atom is -0.312 e. The predicted octanol–water partition coefficient (Wildman–Crippen LogP) is 4.25. The third-order valence-electron chi connectivity index (χ3n) is 2.74. The molecular formula is C14H16FNS2. The third kappa shape index (κ3) is 3.34. The first-order chi connectivity index (χ1) is 8.70. The molecule has 1 aromatic heterocycles. The Labute approximate surface area is 115 Å². The van der Waals surface area contributed by atoms with E-state index in [0.717, 1.165) is 5.75 Å². The minimum absolute atomic E-state index is 0.140. The van der Waals surface area contributed by atoms with E-state index < -0.39 is 0 Å². The number of halogens is 1. The first-order valence-corrected chi connectivity index (χ1v) is 7.67. The molecule has 0 spiro atoms. The van der Waals surface area contributed by atoms with Gasteiger partial charge >= 0.3 is 0 Å². The molecule has 1 unspecified atom stereocenters. The Hall–Kier alpha value is -0.840. The lowest BCUT2D eigenvalue weighted by atomic mass is 10.2. The van der Waals surface area contributed by atoms with Gasteiger partial charge in [-0.25, -0.2) is 4.39 Å². The van der Waals surface area contributed by atoms with Gasteiger partial charge in [0.1, 0.15) is 5.82 Å². The standard InChI is InChI=1S/C14H16FNS2/c1-10-7-11(8-17-10)13(16-2)9-18-14-6-4-3-5-12(14)15/h3-8,13,16H,9H2,1-2H3. The quantitative estimate of drug-likeness (QED) is 0.822. The van der Waals surface area contributed by atoms with Crippen LogP contribution in [0.1, 0.15) is 16.5 Å². The van der Waals surface area contributed by atoms with Gasteiger partial charge in [-0.15, -0.1) is 23.1 Å². The van der Waals surface area contributed by atoms with Gasteiger partial charge in [0, 0.05) is 21.6 Å². The maximum Gasteiger partial charge on any atom is 0.136 e. The van der Waals surface area contributed by atoms with Crippen LogP contribution in [0.3, 0.4) is 0 Å². The van der Waals surface area contributed by atoms with Gasteiger partial charge < -0.3 is 5.32 Å². The molecule has 0 fully saturated rings. The van der Waals surface area contributed by atoms with Crippen molar-refractivity contribution in [3.63, 3.8) is 0 Å². The molecule has 0 aliphatic carbocycles. The van der Waals surface area contributed by atoms with Gasteiger partial charge in [0.05, 0.1) is 0 Å². The molecule has 0 amide bonds. The molecule has 0 saturated heterocycles. The number of hydrogen-bond donors (Lipinski definition) is 1. The van der Waals surface area contributed by atoms with E-state index in [1.54, 1.807) is 29.2 Å². The van der Waals surface area contributed by atoms with Crippen molar-refractivity contribution in [3.05, 3.63) is 52.0 Å². The zero-order valence-electron chi connectivity index (χ0n) is 10.4. The Morgan fingerprint density at radius 2 is 2.17 bits per heavy atom. The smallest absolute Gasteiger partial charge is 0.136 e. The average molecular weight is 281 g/mol. The highest BCUT2D eigenvalue weighted by molar-refractivity contribution is 7.99. The van der Waals surface area contributed by atoms with E-state index in [2.05, 4.69) is 23.7 Å². The zero-order chi connectivity index (χ0) is 13.0. The Balaban J connectivity index is 2.02. The van der Waals surface area contributed by atoms with E-state index >= 15 is 0 Å². The average Bonchev–Trinajstić information content (AvgIpc) is 2.79. The molecule has 1 atom stereocenters. The van der Waals surface area contributed by atoms with Gasteiger partial charge in [0.2, 0.25) is 0 Å². The van der Waals surface area contributed by atoms with Crippen LogP contribution in [0.4, 0.5) is 4.39 Å². The van der Waals surface area contributed by atoms with Crippen molar-refractivity contribution < 1.29 is 4.39 Å². The normalized spacial score (nSPS) is 12.6. The SMILES string of the molecule is CNC(CSc1ccccc1F)c1csc(C)c1. The summed E-state index contributed by atoms with van der Waals surface area (Å²) in [5.74, 6) is 0.687. The molecule has 2 rings (SSSR count). The van der Waals surface area contributed by atoms with Crippen molar-refractivity contribution >= 4 is 23.1 Å². The summed E-state index contributed by atoms with van der Waals surface area (Å²) < 4.78 is 13.5. The van der Waals surface area contributed by atoms with Crippen LogP contribution in [0.2, 0.25) is 0 Å². The Morgan fingerprint density at radius 3 is 2.78 bits per heavy atom. The fraction of sp³-hybridized carbons (Fsp3) is 0.286. The van der Waals surface area contributed by atoms with Crippen LogP contribution in [-0.4, -0.2) is 12.8 Å². The summed E-state index contributed by atoms with van der Waals surface area (Å²) in [6.45, 7) is 2.10. The van der Waals surface area contributed by atoms with E-state index in [0.29, 0.717) is 4.90 Å². The summed E-state index contributed by atoms with van der Waals surface area (Å²) in [4.78, 5) is 2.02. The third-order valence-corrected chi connectivity index (χ3v) is 4.77. The number of thiophene rings is 1. The van der Waals surface area contributed by atoms with Crippen LogP contribution >= 0.6 is 23.1 Å². The van der Waals surface area contributed by atoms with E-state index in [1.807, 2.05) is 19.2 Å². The highest BCUT2D eigenvalue weighted by Gasteiger charge is 2.12. The Bertz CT molecular complexity index is 510. The maximum atomic E-state index is 13.5. The molecule has 2 aromatic rings. The van der Waals surface area contributed by atoms with E-state index in [-0.39, 0.29) is 11.9 Å². The van der Waals surface area contributed by atoms with Gasteiger partial charge in [-0.05, 0) is 43.1 Å². The first-order valence-electron chi connectivity index (χ1n) is 5.80. The predicted molar refractivity (Wildman–Crippen MR) is 78.0 cm³/mol. The van der Waals surface area contributed by atoms with Gasteiger partial charge in [-0.2, -0.15) is 0 Å². The van der Waals surface area contributed by atoms with Gasteiger partial charge in [-0.1, -0.05) is 12.1 Å². The van der Waals surface area contributed by atoms with Crippen LogP contribution in [-0.2, 0) is 0 Å². The molecule has 1 heterocycles. The number of nitrogens with one attached hydrogen (secondary N) is 1. The number of benzene rings is 1. The molecule has 96 valence electrons. The molecule has 0 saturated carbocycles. The second-order valence-corrected chi connectivity index (χ2v) is 6.25. The molecule has 1 nitrogen and oxygen atoms in total. The van der Waals surface area contributed by atoms with E-state index in [1.165, 1.54) is 16.5 Å². The summed E-state index contributed by atoms with van der Waals surface area (Å²) in [7, 11) is 1.94. The fourth-order valence-corrected chi connectivity index (χ4v) is 3.57. The van der Waals surface area contributed by atoms with Crippen molar-refractivity contribution in [2.75, 3.05) is 12.8 Å². The van der Waals surface area contributed by atoms with Crippen molar-refractivity contribution in [3.8, 4) is 0 Å². The van der Waals surface area contributed by atoms with Crippen molar-refractivity contribution in [2.45, 2.75) is 17.9 Å². The summed E-state index contributed by atoms with van der Waals surface area (Å²) in [6, 6.07) is 9.37. The maximum absolute atomic E-state index is 13.5. The topological polar surface area (TPSA) is 12.0 Å². The second-order valence-electron chi connectivity index (χ2n) is 4.07. The van der Waals surface area contributed by atoms with Gasteiger partial charge in [0.25, 0.3) is 0 Å². The highest BCUT2D eigenvalue weighted by atomic mass is 32.2. The van der Waals surface area contributed by atoms with Crippen molar-refractivity contribution in [2.24, 2.45) is 0 Å². The van der Waals surface area contributed by atoms with Crippen molar-refractivity contribution in [1.29, 1.82) is 0 Å². The minimum atomic E-state index is -0.140. The number of thioether (sulfide) groups is 1. The summed E-state index contributed by atoms with van der Waals surface area (Å²) in [5, 5.41) is 5.45. The lowest BCUT2D eigenvalue weighted by Crippen LogP contribution is -2.18. The van der Waals surface area contributed by atoms with E-state index in [9.17, 15) is 4.39 Å². The molecule has 0 bridgehead atoms. The van der Waals surface area contributed by atoms with Gasteiger partial charge in [0.15, 0.2) is 0 Å². The number of rotatable bonds is 5. The Kier molecular flexibility index (Phi) is 4.80. The fourth-order valence-electron chi connectivity index (χ4n) is 1.73. The van der Waals surface area contributed by atoms with Crippen LogP contribution in [0.5, 0.6) is 0 Å². The summed E-state index contributed by atoms with van der Waals surface area (Å²) in [6.07, 6.45) is 0. The summed E-state index contributed by atoms with van der Waals surface area (Å²) in [5.41, 5.74) is 1.28. The molecule has 0 radical (unpaired) electrons. The largest absolute Gasteiger partial charge is 0.312 e. The molecule has 0 aliphatic rings. The number of hydrogen-bond acceptors (Lipinski definition) is 3. The van der Waals surface area contributed by atoms with Crippen molar-refractivity contribution in [1.82, 2.24) is 5.32 Å². The molecule has 0 aliphatic heterocycles. The number of aryl methyl sites for hydroxylation is 1. The Morgan fingerprint density at radius 1 is 1.39 bits per heavy atom. The van der Waals surface area contributed by atoms with Gasteiger partial charge in [-0.3, -0.25) is 0 Å². The van der Waals surface area contributed by atoms with Crippen LogP contribution in [0.15, 0.2) is 40.6 Å². The highest BCUT2D eigenvalue weighted by Crippen LogP contribution is 2.28. The lowest BCUT2D eigenvalue weighted by Gasteiger charge is -2.14. The molecule has 1 N–H and O–H groups in total. The second kappa shape index (κ2) is 6.36. The molecule has 1 aromatic carbocycles. The van der Waals surface area contributed by atoms with E-state index in [4.69, 9.17) is 0 Å². The first kappa shape index (κ1) is 13.6. The zero-order valence-corrected chi connectivity index (χ0v) is 12.1. The molecule has 4 heteroatoms. The molecule has 18 heavy (non-hydrogen) atoms. The monoisotopic (exact) mass is 281 g/mol.